The van der Waals surface area contributed by atoms with Crippen LogP contribution in [0.15, 0.2) is 54.6 Å². The highest BCUT2D eigenvalue weighted by Crippen LogP contribution is 2.32. The van der Waals surface area contributed by atoms with E-state index in [1.807, 2.05) is 0 Å². The Bertz CT molecular complexity index is 646. The summed E-state index contributed by atoms with van der Waals surface area (Å²) in [5.41, 5.74) is 3.81. The quantitative estimate of drug-likeness (QED) is 0.830. The molecule has 1 unspecified atom stereocenters. The number of nitriles is 1. The molecule has 2 aromatic rings. The first-order chi connectivity index (χ1) is 11.3. The summed E-state index contributed by atoms with van der Waals surface area (Å²) in [6, 6.07) is 21.7. The average Bonchev–Trinajstić information content (AvgIpc) is 2.60. The summed E-state index contributed by atoms with van der Waals surface area (Å²) in [5, 5.41) is 9.64. The Morgan fingerprint density at radius 2 is 1.70 bits per heavy atom. The van der Waals surface area contributed by atoms with Crippen molar-refractivity contribution in [2.45, 2.75) is 32.2 Å². The molecule has 2 heteroatoms. The van der Waals surface area contributed by atoms with Crippen LogP contribution in [0.3, 0.4) is 0 Å². The molecule has 23 heavy (non-hydrogen) atoms. The Labute approximate surface area is 139 Å². The van der Waals surface area contributed by atoms with Gasteiger partial charge in [0.15, 0.2) is 0 Å². The maximum Gasteiger partial charge on any atom is 0.0741 e. The van der Waals surface area contributed by atoms with Gasteiger partial charge in [0.25, 0.3) is 0 Å². The number of aryl methyl sites for hydroxylation is 1. The van der Waals surface area contributed by atoms with Crippen LogP contribution in [0.5, 0.6) is 0 Å². The Hall–Kier alpha value is -2.11. The lowest BCUT2D eigenvalue weighted by atomic mass is 9.80. The molecule has 2 aromatic carbocycles. The van der Waals surface area contributed by atoms with Gasteiger partial charge in [0.2, 0.25) is 0 Å². The third-order valence-electron chi connectivity index (χ3n) is 4.93. The third-order valence-corrected chi connectivity index (χ3v) is 4.93. The second-order valence-corrected chi connectivity index (χ2v) is 6.62. The molecule has 1 heterocycles. The fraction of sp³-hybridized carbons (Fsp3) is 0.381. The summed E-state index contributed by atoms with van der Waals surface area (Å²) in [6.07, 6.45) is 2.22. The van der Waals surface area contributed by atoms with E-state index in [1.165, 1.54) is 16.7 Å². The van der Waals surface area contributed by atoms with Gasteiger partial charge in [0, 0.05) is 6.54 Å². The molecule has 1 saturated heterocycles. The van der Waals surface area contributed by atoms with Crippen molar-refractivity contribution in [1.29, 1.82) is 5.26 Å². The third kappa shape index (κ3) is 4.00. The van der Waals surface area contributed by atoms with Gasteiger partial charge in [-0.15, -0.1) is 0 Å². The van der Waals surface area contributed by atoms with E-state index in [0.29, 0.717) is 5.92 Å². The SMILES string of the molecule is Cc1ccc(C(C#N)C2CCN(Cc3ccccc3)CC2)cc1. The maximum absolute atomic E-state index is 9.64. The van der Waals surface area contributed by atoms with E-state index in [4.69, 9.17) is 0 Å². The van der Waals surface area contributed by atoms with Crippen LogP contribution in [0.4, 0.5) is 0 Å². The van der Waals surface area contributed by atoms with Crippen molar-refractivity contribution in [1.82, 2.24) is 4.90 Å². The Morgan fingerprint density at radius 1 is 1.04 bits per heavy atom. The molecule has 1 aliphatic rings. The van der Waals surface area contributed by atoms with Crippen molar-refractivity contribution in [3.8, 4) is 6.07 Å². The van der Waals surface area contributed by atoms with Gasteiger partial charge in [-0.3, -0.25) is 4.90 Å². The van der Waals surface area contributed by atoms with Gasteiger partial charge in [-0.2, -0.15) is 5.26 Å². The molecule has 1 fully saturated rings. The molecule has 0 amide bonds. The van der Waals surface area contributed by atoms with E-state index >= 15 is 0 Å². The van der Waals surface area contributed by atoms with E-state index in [1.54, 1.807) is 0 Å². The second kappa shape index (κ2) is 7.44. The molecule has 0 aromatic heterocycles. The molecule has 0 spiro atoms. The first-order valence-corrected chi connectivity index (χ1v) is 8.49. The predicted octanol–water partition coefficient (Wildman–Crippen LogP) is 4.51. The minimum atomic E-state index is 0.0366. The average molecular weight is 304 g/mol. The second-order valence-electron chi connectivity index (χ2n) is 6.62. The number of piperidine rings is 1. The molecule has 2 nitrogen and oxygen atoms in total. The smallest absolute Gasteiger partial charge is 0.0741 e. The van der Waals surface area contributed by atoms with Crippen LogP contribution in [0.2, 0.25) is 0 Å². The van der Waals surface area contributed by atoms with Crippen LogP contribution in [-0.2, 0) is 6.54 Å². The first-order valence-electron chi connectivity index (χ1n) is 8.49. The van der Waals surface area contributed by atoms with Gasteiger partial charge < -0.3 is 0 Å². The van der Waals surface area contributed by atoms with Gasteiger partial charge in [-0.1, -0.05) is 60.2 Å². The summed E-state index contributed by atoms with van der Waals surface area (Å²) in [7, 11) is 0. The van der Waals surface area contributed by atoms with Crippen molar-refractivity contribution in [2.75, 3.05) is 13.1 Å². The summed E-state index contributed by atoms with van der Waals surface area (Å²) in [4.78, 5) is 2.51. The van der Waals surface area contributed by atoms with Crippen LogP contribution in [0, 0.1) is 24.2 Å². The highest BCUT2D eigenvalue weighted by molar-refractivity contribution is 5.29. The van der Waals surface area contributed by atoms with Crippen molar-refractivity contribution >= 4 is 0 Å². The van der Waals surface area contributed by atoms with E-state index in [2.05, 4.69) is 72.5 Å². The number of benzene rings is 2. The molecule has 0 N–H and O–H groups in total. The zero-order valence-corrected chi connectivity index (χ0v) is 13.8. The highest BCUT2D eigenvalue weighted by Gasteiger charge is 2.27. The van der Waals surface area contributed by atoms with E-state index < -0.39 is 0 Å². The summed E-state index contributed by atoms with van der Waals surface area (Å²) in [5.74, 6) is 0.518. The molecule has 0 saturated carbocycles. The van der Waals surface area contributed by atoms with E-state index in [0.717, 1.165) is 32.5 Å². The number of hydrogen-bond donors (Lipinski definition) is 0. The van der Waals surface area contributed by atoms with Gasteiger partial charge in [-0.05, 0) is 49.9 Å². The van der Waals surface area contributed by atoms with Crippen LogP contribution >= 0.6 is 0 Å². The number of hydrogen-bond acceptors (Lipinski definition) is 2. The van der Waals surface area contributed by atoms with Gasteiger partial charge in [0.05, 0.1) is 12.0 Å². The number of likely N-dealkylation sites (tertiary alicyclic amines) is 1. The van der Waals surface area contributed by atoms with Crippen LogP contribution in [-0.4, -0.2) is 18.0 Å². The molecule has 0 bridgehead atoms. The predicted molar refractivity (Wildman–Crippen MR) is 94.0 cm³/mol. The molecule has 0 aliphatic carbocycles. The van der Waals surface area contributed by atoms with Crippen LogP contribution in [0.1, 0.15) is 35.4 Å². The van der Waals surface area contributed by atoms with E-state index in [9.17, 15) is 5.26 Å². The topological polar surface area (TPSA) is 27.0 Å². The monoisotopic (exact) mass is 304 g/mol. The zero-order chi connectivity index (χ0) is 16.1. The molecule has 118 valence electrons. The minimum absolute atomic E-state index is 0.0366. The molecule has 0 radical (unpaired) electrons. The standard InChI is InChI=1S/C21H24N2/c1-17-7-9-19(10-8-17)21(15-22)20-11-13-23(14-12-20)16-18-5-3-2-4-6-18/h2-10,20-21H,11-14,16H2,1H3. The fourth-order valence-electron chi connectivity index (χ4n) is 3.51. The summed E-state index contributed by atoms with van der Waals surface area (Å²) in [6.45, 7) is 5.29. The molecular formula is C21H24N2. The first kappa shape index (κ1) is 15.8. The van der Waals surface area contributed by atoms with Crippen LogP contribution < -0.4 is 0 Å². The molecular weight excluding hydrogens is 280 g/mol. The van der Waals surface area contributed by atoms with Crippen molar-refractivity contribution in [3.63, 3.8) is 0 Å². The maximum atomic E-state index is 9.64. The van der Waals surface area contributed by atoms with Gasteiger partial charge in [0.1, 0.15) is 0 Å². The summed E-state index contributed by atoms with van der Waals surface area (Å²) < 4.78 is 0. The zero-order valence-electron chi connectivity index (χ0n) is 13.8. The Morgan fingerprint density at radius 3 is 2.30 bits per heavy atom. The minimum Gasteiger partial charge on any atom is -0.299 e. The highest BCUT2D eigenvalue weighted by atomic mass is 15.1. The largest absolute Gasteiger partial charge is 0.299 e. The number of rotatable bonds is 4. The van der Waals surface area contributed by atoms with Gasteiger partial charge in [-0.25, -0.2) is 0 Å². The molecule has 1 atom stereocenters. The molecule has 1 aliphatic heterocycles. The van der Waals surface area contributed by atoms with Crippen molar-refractivity contribution < 1.29 is 0 Å². The fourth-order valence-corrected chi connectivity index (χ4v) is 3.51. The molecule has 3 rings (SSSR count). The van der Waals surface area contributed by atoms with E-state index in [-0.39, 0.29) is 5.92 Å². The number of nitrogens with zero attached hydrogens (tertiary/aromatic N) is 2. The Kier molecular flexibility index (Phi) is 5.10. The lowest BCUT2D eigenvalue weighted by Crippen LogP contribution is -2.35. The van der Waals surface area contributed by atoms with Crippen molar-refractivity contribution in [3.05, 3.63) is 71.3 Å². The Balaban J connectivity index is 1.59. The normalized spacial score (nSPS) is 17.6. The van der Waals surface area contributed by atoms with Gasteiger partial charge >= 0.3 is 0 Å². The summed E-state index contributed by atoms with van der Waals surface area (Å²) >= 11 is 0. The van der Waals surface area contributed by atoms with Crippen LogP contribution in [0.25, 0.3) is 0 Å². The lowest BCUT2D eigenvalue weighted by molar-refractivity contribution is 0.171. The lowest BCUT2D eigenvalue weighted by Gasteiger charge is -2.34. The van der Waals surface area contributed by atoms with Crippen molar-refractivity contribution in [2.24, 2.45) is 5.92 Å².